The molecule has 0 aliphatic heterocycles. The average molecular weight is 585 g/mol. The summed E-state index contributed by atoms with van der Waals surface area (Å²) in [4.78, 5) is 0. The van der Waals surface area contributed by atoms with Crippen LogP contribution in [0.2, 0.25) is 0 Å². The van der Waals surface area contributed by atoms with Crippen LogP contribution in [-0.2, 0) is 9.09 Å². The molecule has 0 heterocycles. The summed E-state index contributed by atoms with van der Waals surface area (Å²) in [5.74, 6) is 0. The van der Waals surface area contributed by atoms with Crippen molar-refractivity contribution in [2.24, 2.45) is 0 Å². The minimum absolute atomic E-state index is 0.699. The maximum Gasteiger partial charge on any atom is 0.200 e. The van der Waals surface area contributed by atoms with Gasteiger partial charge in [-0.2, -0.15) is 0 Å². The fraction of sp³-hybridized carbons (Fsp3) is 1.00. The monoisotopic (exact) mass is 585 g/mol. The Labute approximate surface area is 254 Å². The van der Waals surface area contributed by atoms with Crippen LogP contribution in [0.5, 0.6) is 0 Å². The van der Waals surface area contributed by atoms with E-state index in [0.29, 0.717) is 6.61 Å². The van der Waals surface area contributed by atoms with Crippen LogP contribution in [0.1, 0.15) is 219 Å². The largest absolute Gasteiger partial charge is 0.329 e. The molecule has 40 heavy (non-hydrogen) atoms. The molecule has 0 radical (unpaired) electrons. The van der Waals surface area contributed by atoms with Crippen LogP contribution in [-0.4, -0.2) is 19.4 Å². The molecule has 0 bridgehead atoms. The Bertz CT molecular complexity index is 506. The van der Waals surface area contributed by atoms with Gasteiger partial charge in [0.1, 0.15) is 0 Å². The van der Waals surface area contributed by atoms with E-state index in [1.54, 1.807) is 0 Å². The number of unbranched alkanes of at least 4 members (excludes halogenated alkanes) is 30. The smallest absolute Gasteiger partial charge is 0.200 e. The van der Waals surface area contributed by atoms with E-state index in [9.17, 15) is 4.57 Å². The second kappa shape index (κ2) is 33.7. The van der Waals surface area contributed by atoms with Crippen molar-refractivity contribution in [1.29, 1.82) is 0 Å². The van der Waals surface area contributed by atoms with Crippen LogP contribution >= 0.6 is 7.37 Å². The summed E-state index contributed by atoms with van der Waals surface area (Å²) in [5, 5.41) is 0. The van der Waals surface area contributed by atoms with Crippen molar-refractivity contribution >= 4 is 7.37 Å². The summed E-state index contributed by atoms with van der Waals surface area (Å²) >= 11 is 0. The summed E-state index contributed by atoms with van der Waals surface area (Å²) in [6.07, 6.45) is 45.0. The zero-order valence-corrected chi connectivity index (χ0v) is 29.2. The molecule has 0 aliphatic carbocycles. The lowest BCUT2D eigenvalue weighted by atomic mass is 10.0. The normalized spacial score (nSPS) is 13.2. The maximum absolute atomic E-state index is 12.7. The third kappa shape index (κ3) is 34.4. The lowest BCUT2D eigenvalue weighted by molar-refractivity contribution is 0.304. The van der Waals surface area contributed by atoms with Crippen LogP contribution in [0, 0.1) is 0 Å². The molecule has 0 aromatic heterocycles. The molecule has 0 rings (SSSR count). The zero-order chi connectivity index (χ0) is 29.2. The Morgan fingerprint density at radius 3 is 0.850 bits per heavy atom. The predicted molar refractivity (Wildman–Crippen MR) is 183 cm³/mol. The van der Waals surface area contributed by atoms with Crippen LogP contribution < -0.4 is 0 Å². The summed E-state index contributed by atoms with van der Waals surface area (Å²) in [6.45, 7) is 7.15. The Hall–Kier alpha value is 0.190. The SMILES string of the molecule is CCCCCCCCCCCCCCCCCCOP(C)(=O)CCCCCCCCCCCCCCCCCC. The second-order valence-corrected chi connectivity index (χ2v) is 15.9. The van der Waals surface area contributed by atoms with E-state index < -0.39 is 7.37 Å². The Balaban J connectivity index is 3.27. The van der Waals surface area contributed by atoms with Gasteiger partial charge in [-0.25, -0.2) is 0 Å². The number of hydrogen-bond acceptors (Lipinski definition) is 2. The second-order valence-electron chi connectivity index (χ2n) is 13.2. The van der Waals surface area contributed by atoms with Gasteiger partial charge < -0.3 is 4.52 Å². The van der Waals surface area contributed by atoms with Gasteiger partial charge in [-0.1, -0.05) is 206 Å². The van der Waals surface area contributed by atoms with E-state index in [2.05, 4.69) is 13.8 Å². The fourth-order valence-corrected chi connectivity index (χ4v) is 7.36. The van der Waals surface area contributed by atoms with E-state index in [1.165, 1.54) is 193 Å². The van der Waals surface area contributed by atoms with Gasteiger partial charge in [0, 0.05) is 12.8 Å². The molecule has 0 saturated heterocycles. The average Bonchev–Trinajstić information content (AvgIpc) is 2.94. The molecule has 3 heteroatoms. The van der Waals surface area contributed by atoms with Gasteiger partial charge in [0.15, 0.2) is 7.37 Å². The van der Waals surface area contributed by atoms with Gasteiger partial charge in [0.25, 0.3) is 0 Å². The highest BCUT2D eigenvalue weighted by Gasteiger charge is 2.14. The molecule has 0 spiro atoms. The first-order chi connectivity index (χ1) is 19.6. The summed E-state index contributed by atoms with van der Waals surface area (Å²) in [7, 11) is -2.37. The molecule has 242 valence electrons. The molecule has 1 unspecified atom stereocenters. The van der Waals surface area contributed by atoms with Crippen molar-refractivity contribution in [3.8, 4) is 0 Å². The molecule has 0 aliphatic rings. The highest BCUT2D eigenvalue weighted by atomic mass is 31.2. The van der Waals surface area contributed by atoms with Gasteiger partial charge in [-0.3, -0.25) is 4.57 Å². The van der Waals surface area contributed by atoms with Crippen molar-refractivity contribution in [2.45, 2.75) is 219 Å². The van der Waals surface area contributed by atoms with Gasteiger partial charge in [-0.05, 0) is 12.8 Å². The predicted octanol–water partition coefficient (Wildman–Crippen LogP) is 14.4. The van der Waals surface area contributed by atoms with E-state index >= 15 is 0 Å². The van der Waals surface area contributed by atoms with E-state index in [-0.39, 0.29) is 0 Å². The number of hydrogen-bond donors (Lipinski definition) is 0. The van der Waals surface area contributed by atoms with Crippen LogP contribution in [0.4, 0.5) is 0 Å². The molecule has 0 fully saturated rings. The van der Waals surface area contributed by atoms with E-state index in [4.69, 9.17) is 4.52 Å². The lowest BCUT2D eigenvalue weighted by Gasteiger charge is -2.13. The van der Waals surface area contributed by atoms with Crippen molar-refractivity contribution in [2.75, 3.05) is 19.4 Å². The fourth-order valence-electron chi connectivity index (χ4n) is 5.92. The van der Waals surface area contributed by atoms with Gasteiger partial charge >= 0.3 is 0 Å². The summed E-state index contributed by atoms with van der Waals surface area (Å²) < 4.78 is 18.5. The summed E-state index contributed by atoms with van der Waals surface area (Å²) in [5.41, 5.74) is 0. The molecule has 0 aromatic carbocycles. The molecule has 0 aromatic rings. The third-order valence-corrected chi connectivity index (χ3v) is 10.6. The molecule has 0 N–H and O–H groups in total. The first-order valence-electron chi connectivity index (χ1n) is 18.8. The molecule has 0 amide bonds. The van der Waals surface area contributed by atoms with Crippen molar-refractivity contribution in [1.82, 2.24) is 0 Å². The lowest BCUT2D eigenvalue weighted by Crippen LogP contribution is -1.97. The summed E-state index contributed by atoms with van der Waals surface area (Å²) in [6, 6.07) is 0. The Morgan fingerprint density at radius 1 is 0.350 bits per heavy atom. The minimum atomic E-state index is -2.37. The highest BCUT2D eigenvalue weighted by Crippen LogP contribution is 2.43. The maximum atomic E-state index is 12.7. The van der Waals surface area contributed by atoms with Gasteiger partial charge in [0.2, 0.25) is 0 Å². The molecule has 2 nitrogen and oxygen atoms in total. The molecular formula is C37H77O2P. The van der Waals surface area contributed by atoms with Crippen LogP contribution in [0.3, 0.4) is 0 Å². The third-order valence-electron chi connectivity index (χ3n) is 8.78. The quantitative estimate of drug-likeness (QED) is 0.0547. The Kier molecular flexibility index (Phi) is 33.8. The van der Waals surface area contributed by atoms with Crippen molar-refractivity contribution < 1.29 is 9.09 Å². The highest BCUT2D eigenvalue weighted by molar-refractivity contribution is 7.58. The van der Waals surface area contributed by atoms with Gasteiger partial charge in [0.05, 0.1) is 6.61 Å². The van der Waals surface area contributed by atoms with Crippen molar-refractivity contribution in [3.05, 3.63) is 0 Å². The molecule has 0 saturated carbocycles. The molecular weight excluding hydrogens is 507 g/mol. The first-order valence-corrected chi connectivity index (χ1v) is 21.1. The van der Waals surface area contributed by atoms with E-state index in [1.807, 2.05) is 6.66 Å². The topological polar surface area (TPSA) is 26.3 Å². The van der Waals surface area contributed by atoms with E-state index in [0.717, 1.165) is 19.0 Å². The first kappa shape index (κ1) is 40.2. The number of rotatable bonds is 35. The standard InChI is InChI=1S/C37H77O2P/c1-4-6-8-10-12-14-16-18-20-22-24-26-28-30-32-34-36-39-40(3,38)37-35-33-31-29-27-25-23-21-19-17-15-13-11-9-7-5-2/h4-37H2,1-3H3. The van der Waals surface area contributed by atoms with Gasteiger partial charge in [-0.15, -0.1) is 0 Å². The Morgan fingerprint density at radius 2 is 0.575 bits per heavy atom. The zero-order valence-electron chi connectivity index (χ0n) is 28.3. The van der Waals surface area contributed by atoms with Crippen molar-refractivity contribution in [3.63, 3.8) is 0 Å². The minimum Gasteiger partial charge on any atom is -0.329 e. The van der Waals surface area contributed by atoms with Crippen LogP contribution in [0.15, 0.2) is 0 Å². The van der Waals surface area contributed by atoms with Crippen LogP contribution in [0.25, 0.3) is 0 Å². The molecule has 1 atom stereocenters.